The topological polar surface area (TPSA) is 278 Å². The Hall–Kier alpha value is -1.13. The summed E-state index contributed by atoms with van der Waals surface area (Å²) in [5.41, 5.74) is 0. The fraction of sp³-hybridized carbons (Fsp3) is 0.950. The van der Waals surface area contributed by atoms with Gasteiger partial charge in [-0.25, -0.2) is 0 Å². The van der Waals surface area contributed by atoms with E-state index >= 15 is 0 Å². The molecule has 3 saturated heterocycles. The van der Waals surface area contributed by atoms with Crippen molar-refractivity contribution in [1.29, 1.82) is 0 Å². The molecular formula is C20H35NO16. The molecule has 3 rings (SSSR count). The lowest BCUT2D eigenvalue weighted by atomic mass is 9.95. The maximum atomic E-state index is 11.6. The van der Waals surface area contributed by atoms with Crippen molar-refractivity contribution < 1.29 is 79.5 Å². The Kier molecular flexibility index (Phi) is 10.5. The highest BCUT2D eigenvalue weighted by Crippen LogP contribution is 2.32. The second kappa shape index (κ2) is 12.8. The van der Waals surface area contributed by atoms with E-state index in [2.05, 4.69) is 5.32 Å². The van der Waals surface area contributed by atoms with Crippen molar-refractivity contribution in [1.82, 2.24) is 5.32 Å². The summed E-state index contributed by atoms with van der Waals surface area (Å²) in [6.45, 7) is -1.21. The van der Waals surface area contributed by atoms with Crippen LogP contribution in [0.2, 0.25) is 0 Å². The number of nitrogens with one attached hydrogen (secondary N) is 1. The van der Waals surface area contributed by atoms with Crippen LogP contribution in [0, 0.1) is 0 Å². The number of rotatable bonds is 8. The molecule has 0 radical (unpaired) electrons. The van der Waals surface area contributed by atoms with E-state index in [9.17, 15) is 55.9 Å². The molecule has 3 aliphatic rings. The van der Waals surface area contributed by atoms with Crippen molar-refractivity contribution in [3.63, 3.8) is 0 Å². The van der Waals surface area contributed by atoms with E-state index in [4.69, 9.17) is 23.7 Å². The van der Waals surface area contributed by atoms with E-state index in [1.54, 1.807) is 0 Å². The van der Waals surface area contributed by atoms with Crippen LogP contribution in [0.3, 0.4) is 0 Å². The molecule has 17 nitrogen and oxygen atoms in total. The van der Waals surface area contributed by atoms with E-state index in [1.807, 2.05) is 0 Å². The third-order valence-electron chi connectivity index (χ3n) is 6.49. The van der Waals surface area contributed by atoms with Gasteiger partial charge in [0, 0.05) is 6.92 Å². The Labute approximate surface area is 210 Å². The van der Waals surface area contributed by atoms with Crippen molar-refractivity contribution in [2.24, 2.45) is 0 Å². The summed E-state index contributed by atoms with van der Waals surface area (Å²) in [6, 6.07) is -1.39. The summed E-state index contributed by atoms with van der Waals surface area (Å²) in [7, 11) is 0. The highest BCUT2D eigenvalue weighted by molar-refractivity contribution is 5.73. The lowest BCUT2D eigenvalue weighted by molar-refractivity contribution is -0.372. The van der Waals surface area contributed by atoms with E-state index in [1.165, 1.54) is 0 Å². The van der Waals surface area contributed by atoms with Gasteiger partial charge in [0.25, 0.3) is 0 Å². The van der Waals surface area contributed by atoms with E-state index in [0.29, 0.717) is 0 Å². The Balaban J connectivity index is 1.76. The molecule has 15 atom stereocenters. The van der Waals surface area contributed by atoms with Crippen molar-refractivity contribution in [3.8, 4) is 0 Å². The first-order chi connectivity index (χ1) is 17.4. The molecule has 0 unspecified atom stereocenters. The largest absolute Gasteiger partial charge is 0.394 e. The fourth-order valence-electron chi connectivity index (χ4n) is 4.46. The van der Waals surface area contributed by atoms with Gasteiger partial charge in [-0.2, -0.15) is 0 Å². The molecule has 0 aromatic heterocycles. The van der Waals surface area contributed by atoms with Crippen LogP contribution in [-0.2, 0) is 28.5 Å². The Morgan fingerprint density at radius 2 is 1.14 bits per heavy atom. The van der Waals surface area contributed by atoms with Crippen molar-refractivity contribution in [2.75, 3.05) is 19.8 Å². The van der Waals surface area contributed by atoms with Crippen LogP contribution >= 0.6 is 0 Å². The van der Waals surface area contributed by atoms with Crippen LogP contribution in [-0.4, -0.2) is 169 Å². The maximum absolute atomic E-state index is 11.6. The average molecular weight is 545 g/mol. The second-order valence-electron chi connectivity index (χ2n) is 9.07. The van der Waals surface area contributed by atoms with Crippen LogP contribution < -0.4 is 5.32 Å². The molecule has 1 amide bonds. The minimum absolute atomic E-state index is 0.637. The van der Waals surface area contributed by atoms with Crippen molar-refractivity contribution >= 4 is 5.91 Å². The zero-order chi connectivity index (χ0) is 27.6. The SMILES string of the molecule is CC(=O)N[C@@H]1[C@@H](O[C@@H]2O[C@H](CO)[C@@H](O[C@@H]3O[C@H](CO)[C@@H](O)[C@H](O)[C@@H]3O)[C@H](O)[C@@H]2O)[C@H](O)[C@@H](CO)O[C@@H]1O. The minimum Gasteiger partial charge on any atom is -0.394 e. The first-order valence-electron chi connectivity index (χ1n) is 11.6. The molecule has 0 bridgehead atoms. The summed E-state index contributed by atoms with van der Waals surface area (Å²) in [4.78, 5) is 11.6. The lowest BCUT2D eigenvalue weighted by Gasteiger charge is -2.48. The second-order valence-corrected chi connectivity index (χ2v) is 9.07. The predicted octanol–water partition coefficient (Wildman–Crippen LogP) is -7.43. The average Bonchev–Trinajstić information content (AvgIpc) is 2.87. The normalized spacial score (nSPS) is 49.0. The van der Waals surface area contributed by atoms with E-state index in [-0.39, 0.29) is 0 Å². The van der Waals surface area contributed by atoms with Gasteiger partial charge in [0.15, 0.2) is 18.9 Å². The molecule has 17 heteroatoms. The highest BCUT2D eigenvalue weighted by Gasteiger charge is 2.53. The number of aliphatic hydroxyl groups is 10. The lowest BCUT2D eigenvalue weighted by Crippen LogP contribution is -2.68. The molecule has 0 aromatic carbocycles. The number of aliphatic hydroxyl groups excluding tert-OH is 10. The molecule has 0 spiro atoms. The maximum Gasteiger partial charge on any atom is 0.217 e. The van der Waals surface area contributed by atoms with E-state index in [0.717, 1.165) is 6.92 Å². The number of carbonyl (C=O) groups is 1. The zero-order valence-corrected chi connectivity index (χ0v) is 19.7. The van der Waals surface area contributed by atoms with Crippen LogP contribution in [0.1, 0.15) is 6.92 Å². The van der Waals surface area contributed by atoms with Gasteiger partial charge in [-0.05, 0) is 0 Å². The minimum atomic E-state index is -1.93. The number of hydrogen-bond donors (Lipinski definition) is 11. The van der Waals surface area contributed by atoms with Gasteiger partial charge in [-0.3, -0.25) is 4.79 Å². The van der Waals surface area contributed by atoms with Gasteiger partial charge in [0.2, 0.25) is 5.91 Å². The van der Waals surface area contributed by atoms with Gasteiger partial charge < -0.3 is 80.1 Å². The summed E-state index contributed by atoms with van der Waals surface area (Å²) < 4.78 is 26.9. The van der Waals surface area contributed by atoms with Gasteiger partial charge >= 0.3 is 0 Å². The molecule has 0 saturated carbocycles. The molecule has 3 heterocycles. The molecule has 3 fully saturated rings. The Bertz CT molecular complexity index is 743. The number of carbonyl (C=O) groups excluding carboxylic acids is 1. The van der Waals surface area contributed by atoms with Crippen molar-refractivity contribution in [2.45, 2.75) is 99.0 Å². The quantitative estimate of drug-likeness (QED) is 0.135. The Morgan fingerprint density at radius 3 is 1.68 bits per heavy atom. The molecule has 37 heavy (non-hydrogen) atoms. The van der Waals surface area contributed by atoms with Gasteiger partial charge in [0.1, 0.15) is 73.2 Å². The summed E-state index contributed by atoms with van der Waals surface area (Å²) in [5.74, 6) is -0.637. The summed E-state index contributed by atoms with van der Waals surface area (Å²) in [5, 5.41) is 103. The molecule has 0 aliphatic carbocycles. The zero-order valence-electron chi connectivity index (χ0n) is 19.7. The van der Waals surface area contributed by atoms with Crippen LogP contribution in [0.15, 0.2) is 0 Å². The van der Waals surface area contributed by atoms with Crippen LogP contribution in [0.25, 0.3) is 0 Å². The number of amides is 1. The molecule has 0 aromatic rings. The standard InChI is InChI=1S/C20H35NO16/c1-5(25)21-9-17(11(27)7(3-23)33-18(9)32)37-20-15(31)13(29)16(8(4-24)35-20)36-19-14(30)12(28)10(26)6(2-22)34-19/h6-20,22-24,26-32H,2-4H2,1H3,(H,21,25)/t6-,7-,8-,9-,10-,11-,12+,13-,14+,15+,16-,17-,18+,19+,20+/m1/s1. The smallest absolute Gasteiger partial charge is 0.217 e. The molecule has 11 N–H and O–H groups in total. The summed E-state index contributed by atoms with van der Waals surface area (Å²) >= 11 is 0. The predicted molar refractivity (Wildman–Crippen MR) is 113 cm³/mol. The fourth-order valence-corrected chi connectivity index (χ4v) is 4.46. The highest BCUT2D eigenvalue weighted by atomic mass is 16.7. The first-order valence-corrected chi connectivity index (χ1v) is 11.6. The third kappa shape index (κ3) is 6.38. The first kappa shape index (κ1) is 30.4. The van der Waals surface area contributed by atoms with Gasteiger partial charge in [-0.15, -0.1) is 0 Å². The Morgan fingerprint density at radius 1 is 0.649 bits per heavy atom. The monoisotopic (exact) mass is 545 g/mol. The summed E-state index contributed by atoms with van der Waals surface area (Å²) in [6.07, 6.45) is -23.3. The van der Waals surface area contributed by atoms with Gasteiger partial charge in [-0.1, -0.05) is 0 Å². The molecule has 216 valence electrons. The number of ether oxygens (including phenoxy) is 5. The van der Waals surface area contributed by atoms with Crippen molar-refractivity contribution in [3.05, 3.63) is 0 Å². The molecule has 3 aliphatic heterocycles. The van der Waals surface area contributed by atoms with Gasteiger partial charge in [0.05, 0.1) is 19.8 Å². The number of hydrogen-bond acceptors (Lipinski definition) is 16. The van der Waals surface area contributed by atoms with E-state index < -0.39 is 118 Å². The van der Waals surface area contributed by atoms with Crippen LogP contribution in [0.4, 0.5) is 0 Å². The third-order valence-corrected chi connectivity index (χ3v) is 6.49. The molecular weight excluding hydrogens is 510 g/mol. The van der Waals surface area contributed by atoms with Crippen LogP contribution in [0.5, 0.6) is 0 Å².